The van der Waals surface area contributed by atoms with E-state index in [0.29, 0.717) is 6.54 Å². The van der Waals surface area contributed by atoms with Crippen molar-refractivity contribution < 1.29 is 5.11 Å². The van der Waals surface area contributed by atoms with Crippen molar-refractivity contribution in [3.8, 4) is 0 Å². The first-order chi connectivity index (χ1) is 6.14. The highest BCUT2D eigenvalue weighted by molar-refractivity contribution is 7.07. The van der Waals surface area contributed by atoms with Gasteiger partial charge in [-0.2, -0.15) is 11.3 Å². The van der Waals surface area contributed by atoms with E-state index in [0.717, 1.165) is 13.0 Å². The second-order valence-corrected chi connectivity index (χ2v) is 4.37. The fourth-order valence-electron chi connectivity index (χ4n) is 1.29. The lowest BCUT2D eigenvalue weighted by atomic mass is 9.98. The molecule has 74 valence electrons. The first-order valence-electron chi connectivity index (χ1n) is 4.58. The van der Waals surface area contributed by atoms with E-state index in [1.54, 1.807) is 11.3 Å². The molecule has 2 nitrogen and oxygen atoms in total. The highest BCUT2D eigenvalue weighted by Crippen LogP contribution is 2.14. The molecule has 1 atom stereocenters. The molecule has 0 aliphatic rings. The van der Waals surface area contributed by atoms with Gasteiger partial charge in [0.25, 0.3) is 0 Å². The molecule has 0 radical (unpaired) electrons. The first kappa shape index (κ1) is 10.7. The molecule has 0 aliphatic heterocycles. The third kappa shape index (κ3) is 3.89. The second-order valence-electron chi connectivity index (χ2n) is 3.59. The van der Waals surface area contributed by atoms with Crippen LogP contribution in [0, 0.1) is 0 Å². The quantitative estimate of drug-likeness (QED) is 0.756. The normalized spacial score (nSPS) is 15.6. The Morgan fingerprint density at radius 2 is 2.38 bits per heavy atom. The molecule has 1 unspecified atom stereocenters. The van der Waals surface area contributed by atoms with Crippen molar-refractivity contribution >= 4 is 11.3 Å². The van der Waals surface area contributed by atoms with Gasteiger partial charge in [0.15, 0.2) is 0 Å². The van der Waals surface area contributed by atoms with Gasteiger partial charge in [-0.1, -0.05) is 6.92 Å². The van der Waals surface area contributed by atoms with E-state index in [4.69, 9.17) is 0 Å². The van der Waals surface area contributed by atoms with E-state index in [-0.39, 0.29) is 0 Å². The van der Waals surface area contributed by atoms with Crippen LogP contribution < -0.4 is 5.32 Å². The van der Waals surface area contributed by atoms with Crippen LogP contribution in [0.3, 0.4) is 0 Å². The zero-order valence-electron chi connectivity index (χ0n) is 8.21. The molecule has 2 N–H and O–H groups in total. The molecule has 3 heteroatoms. The molecule has 1 heterocycles. The Morgan fingerprint density at radius 1 is 1.62 bits per heavy atom. The zero-order valence-corrected chi connectivity index (χ0v) is 9.03. The number of hydrogen-bond acceptors (Lipinski definition) is 3. The Hall–Kier alpha value is -0.380. The Morgan fingerprint density at radius 3 is 2.92 bits per heavy atom. The maximum Gasteiger partial charge on any atom is 0.0783 e. The van der Waals surface area contributed by atoms with Crippen LogP contribution in [-0.2, 0) is 6.42 Å². The monoisotopic (exact) mass is 199 g/mol. The average molecular weight is 199 g/mol. The number of thiophene rings is 1. The van der Waals surface area contributed by atoms with Crippen molar-refractivity contribution in [1.29, 1.82) is 0 Å². The smallest absolute Gasteiger partial charge is 0.0783 e. The molecule has 0 saturated heterocycles. The van der Waals surface area contributed by atoms with Crippen molar-refractivity contribution in [2.45, 2.75) is 25.9 Å². The molecule has 0 bridgehead atoms. The summed E-state index contributed by atoms with van der Waals surface area (Å²) in [5.41, 5.74) is 0.588. The van der Waals surface area contributed by atoms with Crippen molar-refractivity contribution in [2.24, 2.45) is 0 Å². The number of likely N-dealkylation sites (N-methyl/N-ethyl adjacent to an activating group) is 1. The molecule has 13 heavy (non-hydrogen) atoms. The third-order valence-corrected chi connectivity index (χ3v) is 2.65. The van der Waals surface area contributed by atoms with E-state index >= 15 is 0 Å². The van der Waals surface area contributed by atoms with Gasteiger partial charge in [0.1, 0.15) is 0 Å². The molecule has 0 spiro atoms. The number of rotatable bonds is 5. The van der Waals surface area contributed by atoms with Crippen LogP contribution in [0.2, 0.25) is 0 Å². The predicted molar refractivity (Wildman–Crippen MR) is 57.2 cm³/mol. The van der Waals surface area contributed by atoms with Gasteiger partial charge in [-0.3, -0.25) is 0 Å². The predicted octanol–water partition coefficient (Wildman–Crippen LogP) is 1.65. The summed E-state index contributed by atoms with van der Waals surface area (Å²) in [6.07, 6.45) is 0.726. The summed E-state index contributed by atoms with van der Waals surface area (Å²) in [5.74, 6) is 0. The summed E-state index contributed by atoms with van der Waals surface area (Å²) in [7, 11) is 0. The van der Waals surface area contributed by atoms with Crippen LogP contribution >= 0.6 is 11.3 Å². The summed E-state index contributed by atoms with van der Waals surface area (Å²) in [6, 6.07) is 2.06. The van der Waals surface area contributed by atoms with Crippen molar-refractivity contribution in [3.05, 3.63) is 22.4 Å². The lowest BCUT2D eigenvalue weighted by Gasteiger charge is -2.22. The minimum Gasteiger partial charge on any atom is -0.389 e. The number of nitrogens with one attached hydrogen (secondary N) is 1. The van der Waals surface area contributed by atoms with Crippen LogP contribution in [-0.4, -0.2) is 23.8 Å². The molecule has 1 aromatic rings. The molecule has 0 saturated carbocycles. The lowest BCUT2D eigenvalue weighted by molar-refractivity contribution is 0.0608. The topological polar surface area (TPSA) is 32.3 Å². The van der Waals surface area contributed by atoms with Crippen molar-refractivity contribution in [2.75, 3.05) is 13.1 Å². The van der Waals surface area contributed by atoms with E-state index in [2.05, 4.69) is 16.8 Å². The van der Waals surface area contributed by atoms with Crippen molar-refractivity contribution in [1.82, 2.24) is 5.32 Å². The van der Waals surface area contributed by atoms with Gasteiger partial charge in [-0.25, -0.2) is 0 Å². The fraction of sp³-hybridized carbons (Fsp3) is 0.600. The van der Waals surface area contributed by atoms with Gasteiger partial charge in [-0.15, -0.1) is 0 Å². The van der Waals surface area contributed by atoms with E-state index in [1.165, 1.54) is 5.56 Å². The second kappa shape index (κ2) is 4.74. The van der Waals surface area contributed by atoms with Crippen LogP contribution in [0.15, 0.2) is 16.8 Å². The summed E-state index contributed by atoms with van der Waals surface area (Å²) < 4.78 is 0. The average Bonchev–Trinajstić information content (AvgIpc) is 2.52. The van der Waals surface area contributed by atoms with Gasteiger partial charge >= 0.3 is 0 Å². The third-order valence-electron chi connectivity index (χ3n) is 1.92. The van der Waals surface area contributed by atoms with E-state index < -0.39 is 5.60 Å². The number of hydrogen-bond donors (Lipinski definition) is 2. The number of aliphatic hydroxyl groups is 1. The van der Waals surface area contributed by atoms with E-state index in [1.807, 2.05) is 19.2 Å². The molecule has 0 fully saturated rings. The molecular formula is C10H17NOS. The Kier molecular flexibility index (Phi) is 3.90. The Bertz CT molecular complexity index is 231. The van der Waals surface area contributed by atoms with Gasteiger partial charge in [-0.05, 0) is 35.9 Å². The van der Waals surface area contributed by atoms with Crippen molar-refractivity contribution in [3.63, 3.8) is 0 Å². The molecule has 0 aromatic carbocycles. The molecule has 1 aromatic heterocycles. The molecule has 1 rings (SSSR count). The SMILES string of the molecule is CCNCC(C)(O)Cc1ccsc1. The van der Waals surface area contributed by atoms with Crippen LogP contribution in [0.25, 0.3) is 0 Å². The molecule has 0 aliphatic carbocycles. The Balaban J connectivity index is 2.42. The van der Waals surface area contributed by atoms with Gasteiger partial charge in [0, 0.05) is 13.0 Å². The molecular weight excluding hydrogens is 182 g/mol. The van der Waals surface area contributed by atoms with Crippen LogP contribution in [0.1, 0.15) is 19.4 Å². The van der Waals surface area contributed by atoms with Gasteiger partial charge < -0.3 is 10.4 Å². The van der Waals surface area contributed by atoms with Crippen LogP contribution in [0.4, 0.5) is 0 Å². The summed E-state index contributed by atoms with van der Waals surface area (Å²) in [5, 5.41) is 17.2. The summed E-state index contributed by atoms with van der Waals surface area (Å²) in [4.78, 5) is 0. The fourth-order valence-corrected chi connectivity index (χ4v) is 1.96. The zero-order chi connectivity index (χ0) is 9.73. The highest BCUT2D eigenvalue weighted by atomic mass is 32.1. The minimum atomic E-state index is -0.628. The minimum absolute atomic E-state index is 0.628. The highest BCUT2D eigenvalue weighted by Gasteiger charge is 2.19. The largest absolute Gasteiger partial charge is 0.389 e. The maximum absolute atomic E-state index is 9.96. The van der Waals surface area contributed by atoms with E-state index in [9.17, 15) is 5.11 Å². The first-order valence-corrected chi connectivity index (χ1v) is 5.52. The molecule has 0 amide bonds. The summed E-state index contributed by atoms with van der Waals surface area (Å²) >= 11 is 1.67. The lowest BCUT2D eigenvalue weighted by Crippen LogP contribution is -2.39. The maximum atomic E-state index is 9.96. The summed E-state index contributed by atoms with van der Waals surface area (Å²) in [6.45, 7) is 5.47. The van der Waals surface area contributed by atoms with Gasteiger partial charge in [0.05, 0.1) is 5.60 Å². The van der Waals surface area contributed by atoms with Gasteiger partial charge in [0.2, 0.25) is 0 Å². The van der Waals surface area contributed by atoms with Crippen LogP contribution in [0.5, 0.6) is 0 Å². The standard InChI is InChI=1S/C10H17NOS/c1-3-11-8-10(2,12)6-9-4-5-13-7-9/h4-5,7,11-12H,3,6,8H2,1-2H3. The Labute approximate surface area is 83.6 Å².